The van der Waals surface area contributed by atoms with E-state index < -0.39 is 5.97 Å². The second-order valence-electron chi connectivity index (χ2n) is 4.29. The van der Waals surface area contributed by atoms with E-state index in [1.54, 1.807) is 6.08 Å². The van der Waals surface area contributed by atoms with Crippen LogP contribution in [0.3, 0.4) is 0 Å². The van der Waals surface area contributed by atoms with Crippen molar-refractivity contribution in [1.29, 1.82) is 0 Å². The Bertz CT molecular complexity index is 403. The van der Waals surface area contributed by atoms with Crippen molar-refractivity contribution in [3.05, 3.63) is 47.0 Å². The van der Waals surface area contributed by atoms with Crippen molar-refractivity contribution >= 4 is 5.97 Å². The summed E-state index contributed by atoms with van der Waals surface area (Å²) in [5.41, 5.74) is 3.70. The van der Waals surface area contributed by atoms with E-state index in [9.17, 15) is 4.79 Å². The molecule has 0 atom stereocenters. The molecule has 86 valence electrons. The average Bonchev–Trinajstić information content (AvgIpc) is 2.20. The van der Waals surface area contributed by atoms with Crippen LogP contribution in [0.25, 0.3) is 0 Å². The Morgan fingerprint density at radius 3 is 2.69 bits per heavy atom. The van der Waals surface area contributed by atoms with Crippen LogP contribution >= 0.6 is 0 Å². The first-order valence-electron chi connectivity index (χ1n) is 5.49. The Balaban J connectivity index is 2.86. The molecule has 0 amide bonds. The molecule has 0 heterocycles. The first-order valence-corrected chi connectivity index (χ1v) is 5.49. The molecule has 0 radical (unpaired) electrons. The molecule has 16 heavy (non-hydrogen) atoms. The fourth-order valence-corrected chi connectivity index (χ4v) is 1.56. The molecule has 0 spiro atoms. The summed E-state index contributed by atoms with van der Waals surface area (Å²) < 4.78 is 0. The van der Waals surface area contributed by atoms with Crippen molar-refractivity contribution in [3.8, 4) is 0 Å². The molecular formula is C14H18O2. The van der Waals surface area contributed by atoms with E-state index in [-0.39, 0.29) is 0 Å². The van der Waals surface area contributed by atoms with Crippen LogP contribution in [0.1, 0.15) is 36.5 Å². The van der Waals surface area contributed by atoms with Gasteiger partial charge in [-0.1, -0.05) is 38.1 Å². The highest BCUT2D eigenvalue weighted by Crippen LogP contribution is 2.19. The Morgan fingerprint density at radius 2 is 2.12 bits per heavy atom. The van der Waals surface area contributed by atoms with Gasteiger partial charge in [0.1, 0.15) is 0 Å². The van der Waals surface area contributed by atoms with Gasteiger partial charge in [0, 0.05) is 6.08 Å². The van der Waals surface area contributed by atoms with Gasteiger partial charge in [0.05, 0.1) is 0 Å². The number of hydrogen-bond donors (Lipinski definition) is 1. The minimum Gasteiger partial charge on any atom is -0.478 e. The first-order chi connectivity index (χ1) is 7.50. The Hall–Kier alpha value is -1.57. The predicted molar refractivity (Wildman–Crippen MR) is 65.7 cm³/mol. The van der Waals surface area contributed by atoms with E-state index >= 15 is 0 Å². The molecule has 2 heteroatoms. The summed E-state index contributed by atoms with van der Waals surface area (Å²) in [5.74, 6) is -0.388. The van der Waals surface area contributed by atoms with Crippen molar-refractivity contribution in [3.63, 3.8) is 0 Å². The predicted octanol–water partition coefficient (Wildman–Crippen LogP) is 3.30. The van der Waals surface area contributed by atoms with Gasteiger partial charge in [0.15, 0.2) is 0 Å². The van der Waals surface area contributed by atoms with Crippen LogP contribution in [0.4, 0.5) is 0 Å². The number of aliphatic carboxylic acids is 1. The van der Waals surface area contributed by atoms with Crippen molar-refractivity contribution < 1.29 is 9.90 Å². The van der Waals surface area contributed by atoms with Crippen LogP contribution in [0, 0.1) is 6.92 Å². The average molecular weight is 218 g/mol. The fraction of sp³-hybridized carbons (Fsp3) is 0.357. The zero-order valence-corrected chi connectivity index (χ0v) is 10.0. The van der Waals surface area contributed by atoms with Crippen molar-refractivity contribution in [2.45, 2.75) is 33.1 Å². The van der Waals surface area contributed by atoms with Crippen LogP contribution in [0.2, 0.25) is 0 Å². The number of carboxylic acid groups (broad SMARTS) is 1. The lowest BCUT2D eigenvalue weighted by Gasteiger charge is -2.09. The summed E-state index contributed by atoms with van der Waals surface area (Å²) >= 11 is 0. The van der Waals surface area contributed by atoms with Crippen LogP contribution in [-0.2, 0) is 11.2 Å². The van der Waals surface area contributed by atoms with Crippen molar-refractivity contribution in [2.75, 3.05) is 0 Å². The molecule has 0 saturated heterocycles. The fourth-order valence-electron chi connectivity index (χ4n) is 1.56. The zero-order chi connectivity index (χ0) is 12.1. The van der Waals surface area contributed by atoms with Crippen LogP contribution in [-0.4, -0.2) is 11.1 Å². The standard InChI is InChI=1S/C14H18O2/c1-10(2)12-8-7-11(3)13(9-12)5-4-6-14(15)16/h4,6-10H,5H2,1-3H3,(H,15,16)/b6-4+. The molecule has 0 aliphatic heterocycles. The Morgan fingerprint density at radius 1 is 1.44 bits per heavy atom. The number of benzene rings is 1. The van der Waals surface area contributed by atoms with Gasteiger partial charge in [-0.2, -0.15) is 0 Å². The molecule has 0 saturated carbocycles. The molecule has 1 aromatic rings. The third-order valence-corrected chi connectivity index (χ3v) is 2.64. The molecule has 1 N–H and O–H groups in total. The monoisotopic (exact) mass is 218 g/mol. The highest BCUT2D eigenvalue weighted by Gasteiger charge is 2.02. The highest BCUT2D eigenvalue weighted by molar-refractivity contribution is 5.79. The molecule has 0 fully saturated rings. The molecule has 1 rings (SSSR count). The zero-order valence-electron chi connectivity index (χ0n) is 10.0. The highest BCUT2D eigenvalue weighted by atomic mass is 16.4. The third kappa shape index (κ3) is 3.54. The van der Waals surface area contributed by atoms with Gasteiger partial charge in [-0.25, -0.2) is 4.79 Å². The minimum atomic E-state index is -0.891. The quantitative estimate of drug-likeness (QED) is 0.787. The summed E-state index contributed by atoms with van der Waals surface area (Å²) in [4.78, 5) is 10.4. The molecular weight excluding hydrogens is 200 g/mol. The number of allylic oxidation sites excluding steroid dienone is 1. The van der Waals surface area contributed by atoms with Crippen LogP contribution < -0.4 is 0 Å². The summed E-state index contributed by atoms with van der Waals surface area (Å²) in [7, 11) is 0. The Labute approximate surface area is 96.6 Å². The lowest BCUT2D eigenvalue weighted by molar-refractivity contribution is -0.131. The molecule has 1 aromatic carbocycles. The molecule has 0 aliphatic carbocycles. The number of aryl methyl sites for hydroxylation is 1. The normalized spacial score (nSPS) is 11.2. The second-order valence-corrected chi connectivity index (χ2v) is 4.29. The molecule has 2 nitrogen and oxygen atoms in total. The summed E-state index contributed by atoms with van der Waals surface area (Å²) in [6, 6.07) is 6.38. The summed E-state index contributed by atoms with van der Waals surface area (Å²) in [6.07, 6.45) is 3.56. The summed E-state index contributed by atoms with van der Waals surface area (Å²) in [6.45, 7) is 6.36. The maximum Gasteiger partial charge on any atom is 0.327 e. The van der Waals surface area contributed by atoms with Gasteiger partial charge >= 0.3 is 5.97 Å². The van der Waals surface area contributed by atoms with E-state index in [4.69, 9.17) is 5.11 Å². The van der Waals surface area contributed by atoms with E-state index in [1.165, 1.54) is 22.8 Å². The van der Waals surface area contributed by atoms with Crippen LogP contribution in [0.5, 0.6) is 0 Å². The molecule has 0 aliphatic rings. The first kappa shape index (κ1) is 12.5. The number of rotatable bonds is 4. The maximum atomic E-state index is 10.4. The maximum absolute atomic E-state index is 10.4. The minimum absolute atomic E-state index is 0.503. The molecule has 0 bridgehead atoms. The van der Waals surface area contributed by atoms with Gasteiger partial charge in [0.2, 0.25) is 0 Å². The number of hydrogen-bond acceptors (Lipinski definition) is 1. The number of carbonyl (C=O) groups is 1. The molecule has 0 unspecified atom stereocenters. The van der Waals surface area contributed by atoms with Crippen molar-refractivity contribution in [2.24, 2.45) is 0 Å². The lowest BCUT2D eigenvalue weighted by atomic mass is 9.96. The topological polar surface area (TPSA) is 37.3 Å². The van der Waals surface area contributed by atoms with E-state index in [0.717, 1.165) is 0 Å². The van der Waals surface area contributed by atoms with Gasteiger partial charge < -0.3 is 5.11 Å². The SMILES string of the molecule is Cc1ccc(C(C)C)cc1C/C=C/C(=O)O. The van der Waals surface area contributed by atoms with Gasteiger partial charge in [-0.3, -0.25) is 0 Å². The van der Waals surface area contributed by atoms with Gasteiger partial charge in [-0.15, -0.1) is 0 Å². The van der Waals surface area contributed by atoms with E-state index in [1.807, 2.05) is 6.92 Å². The van der Waals surface area contributed by atoms with E-state index in [0.29, 0.717) is 12.3 Å². The van der Waals surface area contributed by atoms with Gasteiger partial charge in [-0.05, 0) is 36.0 Å². The number of carboxylic acids is 1. The van der Waals surface area contributed by atoms with Crippen LogP contribution in [0.15, 0.2) is 30.4 Å². The van der Waals surface area contributed by atoms with E-state index in [2.05, 4.69) is 32.0 Å². The smallest absolute Gasteiger partial charge is 0.327 e. The molecule has 0 aromatic heterocycles. The summed E-state index contributed by atoms with van der Waals surface area (Å²) in [5, 5.41) is 8.52. The largest absolute Gasteiger partial charge is 0.478 e. The third-order valence-electron chi connectivity index (χ3n) is 2.64. The lowest BCUT2D eigenvalue weighted by Crippen LogP contribution is -1.94. The van der Waals surface area contributed by atoms with Gasteiger partial charge in [0.25, 0.3) is 0 Å². The van der Waals surface area contributed by atoms with Crippen molar-refractivity contribution in [1.82, 2.24) is 0 Å². The Kier molecular flexibility index (Phi) is 4.29. The second kappa shape index (κ2) is 5.50.